The van der Waals surface area contributed by atoms with Gasteiger partial charge in [0.25, 0.3) is 16.0 Å². The van der Waals surface area contributed by atoms with Gasteiger partial charge >= 0.3 is 6.61 Å². The number of hydrogen-bond donors (Lipinski definition) is 0. The molecule has 0 saturated carbocycles. The number of ether oxygens (including phenoxy) is 1. The number of alkyl halides is 2. The van der Waals surface area contributed by atoms with Crippen LogP contribution in [0.5, 0.6) is 5.75 Å². The van der Waals surface area contributed by atoms with Crippen LogP contribution in [0, 0.1) is 17.8 Å². The van der Waals surface area contributed by atoms with Crippen LogP contribution in [-0.4, -0.2) is 55.2 Å². The summed E-state index contributed by atoms with van der Waals surface area (Å²) >= 11 is 0. The summed E-state index contributed by atoms with van der Waals surface area (Å²) in [5, 5.41) is 0. The SMILES string of the molecule is [2H]C([2H])([2H])N1C(=O)c2cccc(OC(F)F)c2[C@H]2C[C@@H]1c1nc3ccc(C#CC(C)COS(C)(=O)=O)cc3n12. The van der Waals surface area contributed by atoms with Crippen molar-refractivity contribution in [3.8, 4) is 17.6 Å². The summed E-state index contributed by atoms with van der Waals surface area (Å²) in [6.07, 6.45) is 1.06. The van der Waals surface area contributed by atoms with Crippen LogP contribution < -0.4 is 4.74 Å². The lowest BCUT2D eigenvalue weighted by molar-refractivity contribution is -0.0507. The first-order chi connectivity index (χ1) is 18.2. The van der Waals surface area contributed by atoms with Gasteiger partial charge in [0.05, 0.1) is 36.0 Å². The number of carbonyl (C=O) groups is 1. The van der Waals surface area contributed by atoms with Gasteiger partial charge in [-0.3, -0.25) is 8.98 Å². The van der Waals surface area contributed by atoms with Gasteiger partial charge in [0.15, 0.2) is 0 Å². The Labute approximate surface area is 211 Å². The third kappa shape index (κ3) is 4.31. The first-order valence-corrected chi connectivity index (χ1v) is 12.9. The summed E-state index contributed by atoms with van der Waals surface area (Å²) in [4.78, 5) is 18.9. The summed E-state index contributed by atoms with van der Waals surface area (Å²) in [5.74, 6) is 4.81. The minimum absolute atomic E-state index is 0.0278. The van der Waals surface area contributed by atoms with Crippen molar-refractivity contribution in [3.05, 3.63) is 58.9 Å². The second-order valence-electron chi connectivity index (χ2n) is 8.74. The van der Waals surface area contributed by atoms with Crippen LogP contribution in [0.25, 0.3) is 11.0 Å². The predicted molar refractivity (Wildman–Crippen MR) is 127 cm³/mol. The second-order valence-corrected chi connectivity index (χ2v) is 10.4. The second kappa shape index (κ2) is 8.87. The highest BCUT2D eigenvalue weighted by atomic mass is 32.2. The van der Waals surface area contributed by atoms with Crippen molar-refractivity contribution >= 4 is 27.1 Å². The summed E-state index contributed by atoms with van der Waals surface area (Å²) in [7, 11) is -3.60. The molecule has 2 aromatic carbocycles. The van der Waals surface area contributed by atoms with E-state index in [1.165, 1.54) is 18.2 Å². The normalized spacial score (nSPS) is 21.1. The molecule has 0 N–H and O–H groups in total. The van der Waals surface area contributed by atoms with Crippen LogP contribution in [0.15, 0.2) is 36.4 Å². The van der Waals surface area contributed by atoms with Crippen molar-refractivity contribution in [1.29, 1.82) is 0 Å². The summed E-state index contributed by atoms with van der Waals surface area (Å²) in [6, 6.07) is 7.60. The molecular weight excluding hydrogens is 492 g/mol. The highest BCUT2D eigenvalue weighted by Crippen LogP contribution is 2.49. The number of amides is 1. The molecule has 3 atom stereocenters. The third-order valence-electron chi connectivity index (χ3n) is 6.14. The lowest BCUT2D eigenvalue weighted by Gasteiger charge is -2.24. The Morgan fingerprint density at radius 2 is 2.08 bits per heavy atom. The van der Waals surface area contributed by atoms with Gasteiger partial charge in [-0.25, -0.2) is 4.98 Å². The standard InChI is InChI=1S/C25H23F2N3O5S/c1-14(13-34-36(3,32)33)7-8-15-9-10-17-18(11-15)30-19-12-20(23(30)28-17)29(2)24(31)16-5-4-6-21(22(16)19)35-25(26)27/h4-6,9-11,14,19-20,25H,12-13H2,1-3H3/t14?,19-,20-/m1/s1/i2D3. The number of nitrogens with zero attached hydrogens (tertiary/aromatic N) is 3. The molecule has 0 aliphatic carbocycles. The number of aromatic nitrogens is 2. The molecule has 0 spiro atoms. The van der Waals surface area contributed by atoms with Gasteiger partial charge in [-0.15, -0.1) is 0 Å². The number of imidazole rings is 1. The molecule has 188 valence electrons. The Kier molecular flexibility index (Phi) is 5.09. The Balaban J connectivity index is 1.65. The molecule has 3 heterocycles. The highest BCUT2D eigenvalue weighted by molar-refractivity contribution is 7.85. The van der Waals surface area contributed by atoms with E-state index in [0.717, 1.165) is 11.2 Å². The van der Waals surface area contributed by atoms with Crippen LogP contribution in [0.1, 0.15) is 56.8 Å². The molecule has 8 nitrogen and oxygen atoms in total. The maximum atomic E-state index is 13.5. The van der Waals surface area contributed by atoms with Gasteiger partial charge in [-0.05, 0) is 37.3 Å². The van der Waals surface area contributed by atoms with E-state index in [1.54, 1.807) is 29.7 Å². The molecular formula is C25H23F2N3O5S. The fourth-order valence-electron chi connectivity index (χ4n) is 4.66. The predicted octanol–water partition coefficient (Wildman–Crippen LogP) is 3.72. The molecule has 5 rings (SSSR count). The van der Waals surface area contributed by atoms with Crippen LogP contribution in [0.2, 0.25) is 0 Å². The molecule has 1 amide bonds. The van der Waals surface area contributed by atoms with Crippen molar-refractivity contribution in [3.63, 3.8) is 0 Å². The molecule has 2 bridgehead atoms. The van der Waals surface area contributed by atoms with Crippen molar-refractivity contribution in [2.45, 2.75) is 32.0 Å². The number of rotatable bonds is 5. The highest BCUT2D eigenvalue weighted by Gasteiger charge is 2.45. The lowest BCUT2D eigenvalue weighted by Crippen LogP contribution is -2.30. The van der Waals surface area contributed by atoms with Gasteiger partial charge in [-0.2, -0.15) is 17.2 Å². The van der Waals surface area contributed by atoms with Crippen LogP contribution in [0.3, 0.4) is 0 Å². The van der Waals surface area contributed by atoms with E-state index in [1.807, 2.05) is 0 Å². The first-order valence-electron chi connectivity index (χ1n) is 12.5. The topological polar surface area (TPSA) is 90.7 Å². The van der Waals surface area contributed by atoms with Gasteiger partial charge < -0.3 is 14.2 Å². The van der Waals surface area contributed by atoms with Gasteiger partial charge in [0.2, 0.25) is 0 Å². The van der Waals surface area contributed by atoms with Gasteiger partial charge in [0.1, 0.15) is 11.6 Å². The largest absolute Gasteiger partial charge is 0.434 e. The fraction of sp³-hybridized carbons (Fsp3) is 0.360. The Hall–Kier alpha value is -3.49. The van der Waals surface area contributed by atoms with E-state index in [4.69, 9.17) is 13.0 Å². The third-order valence-corrected chi connectivity index (χ3v) is 6.71. The molecule has 0 saturated heterocycles. The summed E-state index contributed by atoms with van der Waals surface area (Å²) < 4.78 is 84.7. The maximum absolute atomic E-state index is 13.5. The van der Waals surface area contributed by atoms with Gasteiger partial charge in [0, 0.05) is 40.1 Å². The minimum Gasteiger partial charge on any atom is -0.434 e. The number of hydrogen-bond acceptors (Lipinski definition) is 6. The molecule has 0 radical (unpaired) electrons. The van der Waals surface area contributed by atoms with Gasteiger partial charge in [-0.1, -0.05) is 17.9 Å². The van der Waals surface area contributed by atoms with Crippen molar-refractivity contribution < 1.29 is 35.0 Å². The van der Waals surface area contributed by atoms with Crippen LogP contribution in [-0.2, 0) is 14.3 Å². The average molecular weight is 519 g/mol. The fourth-order valence-corrected chi connectivity index (χ4v) is 5.11. The zero-order valence-corrected chi connectivity index (χ0v) is 20.1. The van der Waals surface area contributed by atoms with E-state index in [0.29, 0.717) is 22.4 Å². The number of halogens is 2. The van der Waals surface area contributed by atoms with Crippen molar-refractivity contribution in [2.24, 2.45) is 5.92 Å². The molecule has 1 aromatic heterocycles. The quantitative estimate of drug-likeness (QED) is 0.378. The molecule has 0 fully saturated rings. The van der Waals surface area contributed by atoms with Crippen molar-refractivity contribution in [2.75, 3.05) is 19.8 Å². The zero-order valence-electron chi connectivity index (χ0n) is 22.2. The molecule has 1 unspecified atom stereocenters. The number of fused-ring (bicyclic) bond motifs is 9. The Morgan fingerprint density at radius 3 is 2.81 bits per heavy atom. The van der Waals surface area contributed by atoms with E-state index >= 15 is 0 Å². The first kappa shape index (κ1) is 20.7. The molecule has 36 heavy (non-hydrogen) atoms. The summed E-state index contributed by atoms with van der Waals surface area (Å²) in [6.45, 7) is -4.37. The monoisotopic (exact) mass is 518 g/mol. The molecule has 3 aromatic rings. The Morgan fingerprint density at radius 1 is 1.28 bits per heavy atom. The van der Waals surface area contributed by atoms with E-state index < -0.39 is 47.6 Å². The van der Waals surface area contributed by atoms with Crippen LogP contribution in [0.4, 0.5) is 8.78 Å². The lowest BCUT2D eigenvalue weighted by atomic mass is 9.97. The zero-order chi connectivity index (χ0) is 28.3. The van der Waals surface area contributed by atoms with E-state index in [2.05, 4.69) is 16.8 Å². The molecule has 2 aliphatic heterocycles. The minimum atomic E-state index is -3.60. The molecule has 11 heteroatoms. The van der Waals surface area contributed by atoms with Crippen LogP contribution >= 0.6 is 0 Å². The summed E-state index contributed by atoms with van der Waals surface area (Å²) in [5.41, 5.74) is 1.78. The van der Waals surface area contributed by atoms with E-state index in [9.17, 15) is 22.0 Å². The Bertz CT molecular complexity index is 1650. The number of carbonyl (C=O) groups excluding carboxylic acids is 1. The smallest absolute Gasteiger partial charge is 0.387 e. The average Bonchev–Trinajstić information content (AvgIpc) is 3.32. The molecule has 2 aliphatic rings. The maximum Gasteiger partial charge on any atom is 0.387 e. The van der Waals surface area contributed by atoms with Crippen molar-refractivity contribution in [1.82, 2.24) is 14.5 Å². The number of benzene rings is 2. The van der Waals surface area contributed by atoms with E-state index in [-0.39, 0.29) is 29.9 Å².